The normalized spacial score (nSPS) is 10.7. The molecule has 0 fully saturated rings. The molecule has 3 aromatic rings. The number of ether oxygens (including phenoxy) is 1. The first-order valence-corrected chi connectivity index (χ1v) is 9.49. The van der Waals surface area contributed by atoms with Crippen LogP contribution in [0.3, 0.4) is 0 Å². The number of nitrogens with one attached hydrogen (secondary N) is 1. The smallest absolute Gasteiger partial charge is 0.236 e. The van der Waals surface area contributed by atoms with Crippen LogP contribution in [0, 0.1) is 0 Å². The van der Waals surface area contributed by atoms with Crippen molar-refractivity contribution < 1.29 is 9.53 Å². The summed E-state index contributed by atoms with van der Waals surface area (Å²) in [5, 5.41) is 12.7. The largest absolute Gasteiger partial charge is 0.496 e. The Bertz CT molecular complexity index is 962. The van der Waals surface area contributed by atoms with E-state index in [9.17, 15) is 4.79 Å². The van der Waals surface area contributed by atoms with E-state index in [0.29, 0.717) is 32.6 Å². The molecule has 1 N–H and O–H groups in total. The average Bonchev–Trinajstić information content (AvgIpc) is 3.02. The van der Waals surface area contributed by atoms with Crippen LogP contribution in [0.4, 0.5) is 5.82 Å². The molecule has 0 bridgehead atoms. The summed E-state index contributed by atoms with van der Waals surface area (Å²) in [6.45, 7) is 0. The molecule has 3 rings (SSSR count). The van der Waals surface area contributed by atoms with E-state index in [4.69, 9.17) is 27.9 Å². The molecule has 1 amide bonds. The number of benzene rings is 1. The second-order valence-electron chi connectivity index (χ2n) is 5.41. The molecule has 0 spiro atoms. The fourth-order valence-electron chi connectivity index (χ4n) is 2.29. The van der Waals surface area contributed by atoms with Crippen molar-refractivity contribution in [2.24, 2.45) is 7.05 Å². The van der Waals surface area contributed by atoms with Crippen molar-refractivity contribution in [2.75, 3.05) is 18.2 Å². The third kappa shape index (κ3) is 4.71. The lowest BCUT2D eigenvalue weighted by atomic mass is 10.2. The highest BCUT2D eigenvalue weighted by Crippen LogP contribution is 2.32. The molecular formula is C17H15Cl2N5O2S. The Kier molecular flexibility index (Phi) is 6.20. The van der Waals surface area contributed by atoms with E-state index in [1.807, 2.05) is 7.05 Å². The summed E-state index contributed by atoms with van der Waals surface area (Å²) in [5.74, 6) is 1.62. The number of carbonyl (C=O) groups excluding carboxylic acids is 1. The maximum absolute atomic E-state index is 12.1. The molecule has 0 atom stereocenters. The molecule has 0 aliphatic rings. The number of pyridine rings is 1. The molecule has 0 radical (unpaired) electrons. The third-order valence-corrected chi connectivity index (χ3v) is 5.04. The molecule has 10 heteroatoms. The molecule has 0 aliphatic carbocycles. The predicted octanol–water partition coefficient (Wildman–Crippen LogP) is 3.92. The molecule has 0 aliphatic heterocycles. The van der Waals surface area contributed by atoms with Crippen LogP contribution in [0.15, 0.2) is 41.7 Å². The number of thioether (sulfide) groups is 1. The number of rotatable bonds is 6. The molecule has 140 valence electrons. The van der Waals surface area contributed by atoms with E-state index >= 15 is 0 Å². The van der Waals surface area contributed by atoms with Gasteiger partial charge in [0.05, 0.1) is 23.4 Å². The van der Waals surface area contributed by atoms with E-state index in [-0.39, 0.29) is 11.7 Å². The van der Waals surface area contributed by atoms with Gasteiger partial charge < -0.3 is 14.6 Å². The zero-order valence-corrected chi connectivity index (χ0v) is 16.8. The number of methoxy groups -OCH3 is 1. The van der Waals surface area contributed by atoms with Gasteiger partial charge in [-0.1, -0.05) is 35.0 Å². The lowest BCUT2D eigenvalue weighted by molar-refractivity contribution is -0.113. The Hall–Kier alpha value is -2.29. The Morgan fingerprint density at radius 2 is 2.00 bits per heavy atom. The molecule has 2 aromatic heterocycles. The topological polar surface area (TPSA) is 81.9 Å². The van der Waals surface area contributed by atoms with Crippen LogP contribution >= 0.6 is 35.0 Å². The van der Waals surface area contributed by atoms with Gasteiger partial charge in [-0.3, -0.25) is 4.79 Å². The molecule has 27 heavy (non-hydrogen) atoms. The van der Waals surface area contributed by atoms with Crippen LogP contribution < -0.4 is 10.1 Å². The number of halogens is 2. The van der Waals surface area contributed by atoms with Crippen LogP contribution in [-0.4, -0.2) is 38.5 Å². The number of nitrogens with zero attached hydrogens (tertiary/aromatic N) is 4. The Morgan fingerprint density at radius 1 is 1.22 bits per heavy atom. The van der Waals surface area contributed by atoms with Crippen LogP contribution in [-0.2, 0) is 11.8 Å². The Balaban J connectivity index is 1.70. The number of hydrogen-bond donors (Lipinski definition) is 1. The monoisotopic (exact) mass is 423 g/mol. The molecular weight excluding hydrogens is 409 g/mol. The second-order valence-corrected chi connectivity index (χ2v) is 7.22. The van der Waals surface area contributed by atoms with Crippen LogP contribution in [0.2, 0.25) is 10.0 Å². The summed E-state index contributed by atoms with van der Waals surface area (Å²) < 4.78 is 7.15. The van der Waals surface area contributed by atoms with Gasteiger partial charge in [-0.15, -0.1) is 10.2 Å². The minimum absolute atomic E-state index is 0.156. The van der Waals surface area contributed by atoms with Crippen LogP contribution in [0.1, 0.15) is 0 Å². The summed E-state index contributed by atoms with van der Waals surface area (Å²) in [6.07, 6.45) is 1.47. The first kappa shape index (κ1) is 19.5. The summed E-state index contributed by atoms with van der Waals surface area (Å²) in [5.41, 5.74) is 0.724. The number of hydrogen-bond acceptors (Lipinski definition) is 6. The molecule has 0 unspecified atom stereocenters. The molecule has 0 saturated heterocycles. The van der Waals surface area contributed by atoms with E-state index in [1.54, 1.807) is 42.0 Å². The van der Waals surface area contributed by atoms with Gasteiger partial charge in [0.25, 0.3) is 0 Å². The van der Waals surface area contributed by atoms with Gasteiger partial charge in [-0.2, -0.15) is 0 Å². The molecule has 7 nitrogen and oxygen atoms in total. The maximum atomic E-state index is 12.1. The first-order chi connectivity index (χ1) is 13.0. The Labute approximate surface area is 170 Å². The number of aromatic nitrogens is 4. The van der Waals surface area contributed by atoms with Gasteiger partial charge >= 0.3 is 0 Å². The minimum Gasteiger partial charge on any atom is -0.496 e. The summed E-state index contributed by atoms with van der Waals surface area (Å²) in [7, 11) is 3.39. The van der Waals surface area contributed by atoms with Gasteiger partial charge in [0, 0.05) is 18.3 Å². The van der Waals surface area contributed by atoms with Gasteiger partial charge in [0.2, 0.25) is 5.91 Å². The number of anilines is 1. The SMILES string of the molecule is COc1ccc(Cl)cc1-c1nnc(SCC(=O)Nc2ccc(Cl)cn2)n1C. The summed E-state index contributed by atoms with van der Waals surface area (Å²) in [6, 6.07) is 8.57. The highest BCUT2D eigenvalue weighted by Gasteiger charge is 2.17. The highest BCUT2D eigenvalue weighted by molar-refractivity contribution is 7.99. The maximum Gasteiger partial charge on any atom is 0.236 e. The second kappa shape index (κ2) is 8.60. The van der Waals surface area contributed by atoms with Crippen molar-refractivity contribution in [1.82, 2.24) is 19.7 Å². The number of carbonyl (C=O) groups is 1. The van der Waals surface area contributed by atoms with Crippen LogP contribution in [0.5, 0.6) is 5.75 Å². The predicted molar refractivity (Wildman–Crippen MR) is 107 cm³/mol. The molecule has 1 aromatic carbocycles. The first-order valence-electron chi connectivity index (χ1n) is 7.75. The molecule has 0 saturated carbocycles. The van der Waals surface area contributed by atoms with Gasteiger partial charge in [-0.05, 0) is 30.3 Å². The number of amides is 1. The van der Waals surface area contributed by atoms with E-state index in [2.05, 4.69) is 20.5 Å². The third-order valence-electron chi connectivity index (χ3n) is 3.56. The summed E-state index contributed by atoms with van der Waals surface area (Å²) in [4.78, 5) is 16.1. The standard InChI is InChI=1S/C17H15Cl2N5O2S/c1-24-16(12-7-10(18)3-5-13(12)26-2)22-23-17(24)27-9-15(25)21-14-6-4-11(19)8-20-14/h3-8H,9H2,1-2H3,(H,20,21,25). The Morgan fingerprint density at radius 3 is 2.70 bits per heavy atom. The van der Waals surface area contributed by atoms with Crippen molar-refractivity contribution in [3.63, 3.8) is 0 Å². The van der Waals surface area contributed by atoms with Crippen molar-refractivity contribution in [3.8, 4) is 17.1 Å². The quantitative estimate of drug-likeness (QED) is 0.604. The fraction of sp³-hybridized carbons (Fsp3) is 0.176. The zero-order valence-electron chi connectivity index (χ0n) is 14.4. The lowest BCUT2D eigenvalue weighted by Gasteiger charge is -2.09. The summed E-state index contributed by atoms with van der Waals surface area (Å²) >= 11 is 13.1. The fourth-order valence-corrected chi connectivity index (χ4v) is 3.28. The van der Waals surface area contributed by atoms with Crippen molar-refractivity contribution in [3.05, 3.63) is 46.6 Å². The van der Waals surface area contributed by atoms with Gasteiger partial charge in [0.1, 0.15) is 11.6 Å². The van der Waals surface area contributed by atoms with Crippen molar-refractivity contribution >= 4 is 46.7 Å². The van der Waals surface area contributed by atoms with E-state index in [0.717, 1.165) is 5.56 Å². The van der Waals surface area contributed by atoms with Crippen molar-refractivity contribution in [1.29, 1.82) is 0 Å². The van der Waals surface area contributed by atoms with E-state index in [1.165, 1.54) is 18.0 Å². The van der Waals surface area contributed by atoms with Crippen molar-refractivity contribution in [2.45, 2.75) is 5.16 Å². The average molecular weight is 424 g/mol. The molecule has 2 heterocycles. The van der Waals surface area contributed by atoms with Gasteiger partial charge in [0.15, 0.2) is 11.0 Å². The van der Waals surface area contributed by atoms with Crippen LogP contribution in [0.25, 0.3) is 11.4 Å². The lowest BCUT2D eigenvalue weighted by Crippen LogP contribution is -2.15. The minimum atomic E-state index is -0.209. The van der Waals surface area contributed by atoms with E-state index < -0.39 is 0 Å². The van der Waals surface area contributed by atoms with Gasteiger partial charge in [-0.25, -0.2) is 4.98 Å². The zero-order chi connectivity index (χ0) is 19.4. The highest BCUT2D eigenvalue weighted by atomic mass is 35.5.